The second-order valence-corrected chi connectivity index (χ2v) is 13.1. The van der Waals surface area contributed by atoms with Crippen LogP contribution < -0.4 is 5.73 Å². The van der Waals surface area contributed by atoms with Crippen LogP contribution in [0.1, 0.15) is 42.3 Å². The third-order valence-electron chi connectivity index (χ3n) is 4.48. The van der Waals surface area contributed by atoms with Gasteiger partial charge in [0.1, 0.15) is 0 Å². The molecule has 0 spiro atoms. The summed E-state index contributed by atoms with van der Waals surface area (Å²) in [7, 11) is -0.290. The van der Waals surface area contributed by atoms with E-state index < -0.39 is 20.5 Å². The van der Waals surface area contributed by atoms with E-state index in [9.17, 15) is 4.79 Å². The zero-order chi connectivity index (χ0) is 17.4. The Morgan fingerprint density at radius 1 is 1.26 bits per heavy atom. The van der Waals surface area contributed by atoms with Crippen LogP contribution in [0.25, 0.3) is 10.1 Å². The van der Waals surface area contributed by atoms with Crippen LogP contribution >= 0.6 is 11.3 Å². The number of hydrogen-bond donors (Lipinski definition) is 1. The smallest absolute Gasteiger partial charge is 0.258 e. The van der Waals surface area contributed by atoms with Gasteiger partial charge in [0.05, 0.1) is 4.88 Å². The quantitative estimate of drug-likeness (QED) is 0.629. The Morgan fingerprint density at radius 2 is 1.91 bits per heavy atom. The first kappa shape index (κ1) is 18.1. The highest BCUT2D eigenvalue weighted by molar-refractivity contribution is 7.20. The minimum Gasteiger partial charge on any atom is -0.389 e. The molecule has 0 saturated heterocycles. The number of amides is 1. The van der Waals surface area contributed by atoms with Gasteiger partial charge in [0.2, 0.25) is 0 Å². The van der Waals surface area contributed by atoms with Gasteiger partial charge in [-0.15, -0.1) is 11.3 Å². The molecular formula is C17H25NO3SSi. The first-order valence-corrected chi connectivity index (χ1v) is 11.3. The van der Waals surface area contributed by atoms with Crippen molar-refractivity contribution in [3.8, 4) is 0 Å². The number of rotatable bonds is 5. The van der Waals surface area contributed by atoms with E-state index in [1.807, 2.05) is 24.3 Å². The Balaban J connectivity index is 2.34. The maximum absolute atomic E-state index is 11.3. The van der Waals surface area contributed by atoms with Gasteiger partial charge in [-0.05, 0) is 35.7 Å². The number of nitrogens with two attached hydrogens (primary N) is 1. The van der Waals surface area contributed by atoms with Crippen LogP contribution in [0.5, 0.6) is 0 Å². The summed E-state index contributed by atoms with van der Waals surface area (Å²) in [6.07, 6.45) is -0.403. The number of carbonyl (C=O) groups excluding carboxylic acids is 1. The predicted octanol–water partition coefficient (Wildman–Crippen LogP) is 4.67. The molecule has 0 aliphatic rings. The Labute approximate surface area is 142 Å². The number of benzene rings is 1. The van der Waals surface area contributed by atoms with Crippen molar-refractivity contribution < 1.29 is 14.0 Å². The van der Waals surface area contributed by atoms with E-state index >= 15 is 0 Å². The molecule has 1 atom stereocenters. The van der Waals surface area contributed by atoms with E-state index in [1.54, 1.807) is 7.11 Å². The van der Waals surface area contributed by atoms with Gasteiger partial charge in [0.15, 0.2) is 14.6 Å². The largest absolute Gasteiger partial charge is 0.389 e. The maximum Gasteiger partial charge on any atom is 0.258 e. The molecule has 1 heterocycles. The monoisotopic (exact) mass is 351 g/mol. The number of methoxy groups -OCH3 is 1. The van der Waals surface area contributed by atoms with Crippen LogP contribution in [0.15, 0.2) is 24.3 Å². The van der Waals surface area contributed by atoms with Gasteiger partial charge in [-0.25, -0.2) is 0 Å². The minimum absolute atomic E-state index is 0.107. The van der Waals surface area contributed by atoms with Gasteiger partial charge in [0.25, 0.3) is 5.91 Å². The molecule has 0 fully saturated rings. The average molecular weight is 352 g/mol. The molecule has 0 saturated carbocycles. The maximum atomic E-state index is 11.3. The summed E-state index contributed by atoms with van der Waals surface area (Å²) in [5.41, 5.74) is 6.32. The lowest BCUT2D eigenvalue weighted by molar-refractivity contribution is -0.0657. The second kappa shape index (κ2) is 6.35. The van der Waals surface area contributed by atoms with Crippen LogP contribution in [0.4, 0.5) is 0 Å². The van der Waals surface area contributed by atoms with Crippen molar-refractivity contribution >= 4 is 35.6 Å². The van der Waals surface area contributed by atoms with Crippen LogP contribution in [0, 0.1) is 0 Å². The molecule has 6 heteroatoms. The summed E-state index contributed by atoms with van der Waals surface area (Å²) in [6, 6.07) is 7.81. The summed E-state index contributed by atoms with van der Waals surface area (Å²) in [5, 5.41) is 1.12. The fourth-order valence-electron chi connectivity index (χ4n) is 2.01. The fourth-order valence-corrected chi connectivity index (χ4v) is 4.10. The summed E-state index contributed by atoms with van der Waals surface area (Å²) in [6.45, 7) is 11.0. The highest BCUT2D eigenvalue weighted by atomic mass is 32.1. The van der Waals surface area contributed by atoms with Crippen LogP contribution in [0.2, 0.25) is 18.1 Å². The zero-order valence-electron chi connectivity index (χ0n) is 14.6. The third kappa shape index (κ3) is 3.83. The van der Waals surface area contributed by atoms with E-state index in [2.05, 4.69) is 33.9 Å². The normalized spacial score (nSPS) is 14.2. The molecule has 1 unspecified atom stereocenters. The Kier molecular flexibility index (Phi) is 5.01. The van der Waals surface area contributed by atoms with Crippen molar-refractivity contribution in [2.75, 3.05) is 7.11 Å². The van der Waals surface area contributed by atoms with Crippen molar-refractivity contribution in [2.24, 2.45) is 5.73 Å². The standard InChI is InChI=1S/C17H25NO3SSi/c1-17(2,3)23(5,6)21-16(20-4)12-8-7-11-9-14(15(18)19)22-13(11)10-12/h7-10,16H,1-6H3,(H2,18,19). The van der Waals surface area contributed by atoms with Crippen LogP contribution in [-0.4, -0.2) is 21.3 Å². The lowest BCUT2D eigenvalue weighted by Gasteiger charge is -2.38. The summed E-state index contributed by atoms with van der Waals surface area (Å²) < 4.78 is 13.0. The molecule has 1 aromatic carbocycles. The first-order chi connectivity index (χ1) is 10.5. The van der Waals surface area contributed by atoms with Crippen LogP contribution in [0.3, 0.4) is 0 Å². The van der Waals surface area contributed by atoms with Crippen molar-refractivity contribution in [3.63, 3.8) is 0 Å². The highest BCUT2D eigenvalue weighted by Gasteiger charge is 2.39. The van der Waals surface area contributed by atoms with E-state index in [0.717, 1.165) is 15.6 Å². The summed E-state index contributed by atoms with van der Waals surface area (Å²) in [4.78, 5) is 11.9. The molecule has 0 radical (unpaired) electrons. The Morgan fingerprint density at radius 3 is 2.43 bits per heavy atom. The molecular weight excluding hydrogens is 326 g/mol. The number of hydrogen-bond acceptors (Lipinski definition) is 4. The zero-order valence-corrected chi connectivity index (χ0v) is 16.4. The average Bonchev–Trinajstić information content (AvgIpc) is 2.86. The summed E-state index contributed by atoms with van der Waals surface area (Å²) >= 11 is 1.40. The molecule has 1 amide bonds. The Bertz CT molecular complexity index is 718. The number of ether oxygens (including phenoxy) is 1. The lowest BCUT2D eigenvalue weighted by atomic mass is 10.1. The number of primary amides is 1. The number of fused-ring (bicyclic) bond motifs is 1. The number of thiophene rings is 1. The van der Waals surface area contributed by atoms with E-state index in [-0.39, 0.29) is 5.04 Å². The van der Waals surface area contributed by atoms with Gasteiger partial charge in [0, 0.05) is 17.4 Å². The Hall–Kier alpha value is -1.21. The molecule has 2 rings (SSSR count). The molecule has 0 bridgehead atoms. The summed E-state index contributed by atoms with van der Waals surface area (Å²) in [5.74, 6) is -0.395. The van der Waals surface area contributed by atoms with Crippen LogP contribution in [-0.2, 0) is 9.16 Å². The van der Waals surface area contributed by atoms with Gasteiger partial charge in [-0.2, -0.15) is 0 Å². The first-order valence-electron chi connectivity index (χ1n) is 7.59. The topological polar surface area (TPSA) is 61.6 Å². The van der Waals surface area contributed by atoms with Gasteiger partial charge >= 0.3 is 0 Å². The van der Waals surface area contributed by atoms with Crippen molar-refractivity contribution in [1.82, 2.24) is 0 Å². The second-order valence-electron chi connectivity index (χ2n) is 7.22. The molecule has 126 valence electrons. The number of carbonyl (C=O) groups is 1. The van der Waals surface area contributed by atoms with Crippen molar-refractivity contribution in [2.45, 2.75) is 45.2 Å². The minimum atomic E-state index is -1.95. The van der Waals surface area contributed by atoms with E-state index in [4.69, 9.17) is 14.9 Å². The molecule has 2 aromatic rings. The van der Waals surface area contributed by atoms with E-state index in [0.29, 0.717) is 4.88 Å². The molecule has 0 aliphatic heterocycles. The third-order valence-corrected chi connectivity index (χ3v) is 10.0. The highest BCUT2D eigenvalue weighted by Crippen LogP contribution is 2.40. The van der Waals surface area contributed by atoms with Gasteiger partial charge in [-0.3, -0.25) is 4.79 Å². The molecule has 23 heavy (non-hydrogen) atoms. The molecule has 2 N–H and O–H groups in total. The van der Waals surface area contributed by atoms with Gasteiger partial charge in [-0.1, -0.05) is 32.9 Å². The molecule has 0 aliphatic carbocycles. The van der Waals surface area contributed by atoms with Crippen molar-refractivity contribution in [1.29, 1.82) is 0 Å². The molecule has 1 aromatic heterocycles. The predicted molar refractivity (Wildman–Crippen MR) is 98.4 cm³/mol. The van der Waals surface area contributed by atoms with E-state index in [1.165, 1.54) is 11.3 Å². The fraction of sp³-hybridized carbons (Fsp3) is 0.471. The van der Waals surface area contributed by atoms with Gasteiger partial charge < -0.3 is 14.9 Å². The SMILES string of the molecule is COC(O[Si](C)(C)C(C)(C)C)c1ccc2cc(C(N)=O)sc2c1. The lowest BCUT2D eigenvalue weighted by Crippen LogP contribution is -2.42. The molecule has 4 nitrogen and oxygen atoms in total. The van der Waals surface area contributed by atoms with Crippen molar-refractivity contribution in [3.05, 3.63) is 34.7 Å².